The first kappa shape index (κ1) is 14.8. The lowest BCUT2D eigenvalue weighted by molar-refractivity contribution is -0.139. The zero-order chi connectivity index (χ0) is 12.6. The second-order valence-electron chi connectivity index (χ2n) is 3.67. The summed E-state index contributed by atoms with van der Waals surface area (Å²) in [6.45, 7) is 3.99. The summed E-state index contributed by atoms with van der Waals surface area (Å²) in [5.41, 5.74) is 5.19. The molecule has 0 aromatic carbocycles. The van der Waals surface area contributed by atoms with Crippen LogP contribution >= 0.6 is 12.2 Å². The Morgan fingerprint density at radius 3 is 2.50 bits per heavy atom. The fraction of sp³-hybridized carbons (Fsp3) is 0.700. The number of hydrogen-bond donors (Lipinski definition) is 3. The maximum absolute atomic E-state index is 11.3. The Morgan fingerprint density at radius 2 is 2.00 bits per heavy atom. The van der Waals surface area contributed by atoms with Gasteiger partial charge in [-0.15, -0.1) is 0 Å². The van der Waals surface area contributed by atoms with Crippen LogP contribution in [0.1, 0.15) is 33.1 Å². The van der Waals surface area contributed by atoms with Crippen LogP contribution in [0.4, 0.5) is 0 Å². The molecule has 2 amide bonds. The highest BCUT2D eigenvalue weighted by Gasteiger charge is 2.15. The van der Waals surface area contributed by atoms with Crippen LogP contribution in [0.15, 0.2) is 0 Å². The Balaban J connectivity index is 3.86. The number of unbranched alkanes of at least 4 members (excludes halogenated alkanes) is 1. The van der Waals surface area contributed by atoms with Crippen molar-refractivity contribution in [3.05, 3.63) is 0 Å². The Bertz CT molecular complexity index is 269. The van der Waals surface area contributed by atoms with Crippen LogP contribution in [0.25, 0.3) is 0 Å². The van der Waals surface area contributed by atoms with Crippen molar-refractivity contribution >= 4 is 29.0 Å². The van der Waals surface area contributed by atoms with E-state index in [1.54, 1.807) is 0 Å². The smallest absolute Gasteiger partial charge is 0.309 e. The Kier molecular flexibility index (Phi) is 7.45. The predicted octanol–water partition coefficient (Wildman–Crippen LogP) is 0.0836. The van der Waals surface area contributed by atoms with Gasteiger partial charge in [-0.2, -0.15) is 0 Å². The lowest BCUT2D eigenvalue weighted by atomic mass is 10.1. The molecule has 0 aliphatic rings. The molecule has 1 atom stereocenters. The first-order valence-electron chi connectivity index (χ1n) is 5.34. The van der Waals surface area contributed by atoms with Gasteiger partial charge in [0.15, 0.2) is 0 Å². The number of nitrogens with one attached hydrogen (secondary N) is 2. The van der Waals surface area contributed by atoms with Crippen molar-refractivity contribution in [2.75, 3.05) is 6.54 Å². The van der Waals surface area contributed by atoms with Crippen LogP contribution in [0, 0.1) is 0 Å². The van der Waals surface area contributed by atoms with Gasteiger partial charge in [-0.05, 0) is 13.3 Å². The van der Waals surface area contributed by atoms with Crippen molar-refractivity contribution in [1.82, 2.24) is 10.6 Å². The number of hydrogen-bond acceptors (Lipinski definition) is 3. The van der Waals surface area contributed by atoms with Gasteiger partial charge in [0.05, 0.1) is 11.5 Å². The molecule has 16 heavy (non-hydrogen) atoms. The monoisotopic (exact) mass is 245 g/mol. The molecule has 0 saturated carbocycles. The third-order valence-corrected chi connectivity index (χ3v) is 2.14. The predicted molar refractivity (Wildman–Crippen MR) is 66.9 cm³/mol. The van der Waals surface area contributed by atoms with E-state index in [4.69, 9.17) is 5.73 Å². The number of thiocarbonyl (C=S) groups is 1. The molecule has 0 aliphatic heterocycles. The van der Waals surface area contributed by atoms with E-state index in [0.29, 0.717) is 0 Å². The molecule has 1 unspecified atom stereocenters. The van der Waals surface area contributed by atoms with E-state index in [1.807, 2.05) is 6.92 Å². The molecule has 0 bridgehead atoms. The summed E-state index contributed by atoms with van der Waals surface area (Å²) in [7, 11) is 0. The van der Waals surface area contributed by atoms with E-state index in [-0.39, 0.29) is 17.6 Å². The molecule has 0 spiro atoms. The largest absolute Gasteiger partial charge is 0.392 e. The minimum Gasteiger partial charge on any atom is -0.392 e. The number of carbonyl (C=O) groups excluding carboxylic acids is 2. The lowest BCUT2D eigenvalue weighted by Gasteiger charge is -2.12. The highest BCUT2D eigenvalue weighted by molar-refractivity contribution is 7.80. The molecule has 0 aliphatic carbocycles. The Morgan fingerprint density at radius 1 is 1.38 bits per heavy atom. The topological polar surface area (TPSA) is 84.2 Å². The normalized spacial score (nSPS) is 11.6. The number of carbonyl (C=O) groups is 2. The summed E-state index contributed by atoms with van der Waals surface area (Å²) in [5.74, 6) is -1.34. The molecule has 0 heterocycles. The van der Waals surface area contributed by atoms with Crippen molar-refractivity contribution in [2.24, 2.45) is 5.73 Å². The van der Waals surface area contributed by atoms with Gasteiger partial charge in [-0.25, -0.2) is 0 Å². The van der Waals surface area contributed by atoms with Crippen LogP contribution in [-0.4, -0.2) is 29.4 Å². The summed E-state index contributed by atoms with van der Waals surface area (Å²) < 4.78 is 0. The standard InChI is InChI=1S/C10H19N3O2S/c1-3-4-5-7(2)13-10(15)9(14)12-6-8(11)16/h7H,3-6H2,1-2H3,(H2,11,16)(H,12,14)(H,13,15). The maximum atomic E-state index is 11.3. The van der Waals surface area contributed by atoms with Crippen molar-refractivity contribution in [1.29, 1.82) is 0 Å². The molecular formula is C10H19N3O2S. The SMILES string of the molecule is CCCCC(C)NC(=O)C(=O)NCC(N)=S. The summed E-state index contributed by atoms with van der Waals surface area (Å²) in [6, 6.07) is 0.00280. The van der Waals surface area contributed by atoms with Crippen molar-refractivity contribution in [2.45, 2.75) is 39.2 Å². The van der Waals surface area contributed by atoms with Gasteiger partial charge in [-0.3, -0.25) is 9.59 Å². The molecule has 0 aromatic heterocycles. The summed E-state index contributed by atoms with van der Waals surface area (Å²) >= 11 is 4.58. The van der Waals surface area contributed by atoms with Crippen molar-refractivity contribution < 1.29 is 9.59 Å². The van der Waals surface area contributed by atoms with Crippen LogP contribution in [0.5, 0.6) is 0 Å². The van der Waals surface area contributed by atoms with Gasteiger partial charge < -0.3 is 16.4 Å². The van der Waals surface area contributed by atoms with Crippen molar-refractivity contribution in [3.8, 4) is 0 Å². The number of amides is 2. The third-order valence-electron chi connectivity index (χ3n) is 2.00. The second-order valence-corrected chi connectivity index (χ2v) is 4.19. The van der Waals surface area contributed by atoms with Gasteiger partial charge in [-0.1, -0.05) is 32.0 Å². The molecule has 5 nitrogen and oxygen atoms in total. The summed E-state index contributed by atoms with van der Waals surface area (Å²) in [5, 5.41) is 4.93. The van der Waals surface area contributed by atoms with Gasteiger partial charge in [0, 0.05) is 6.04 Å². The van der Waals surface area contributed by atoms with Crippen LogP contribution in [0.2, 0.25) is 0 Å². The minimum absolute atomic E-state index is 0.00280. The first-order chi connectivity index (χ1) is 7.47. The van der Waals surface area contributed by atoms with Gasteiger partial charge >= 0.3 is 11.8 Å². The fourth-order valence-corrected chi connectivity index (χ4v) is 1.19. The maximum Gasteiger partial charge on any atom is 0.309 e. The first-order valence-corrected chi connectivity index (χ1v) is 5.75. The molecule has 0 aromatic rings. The molecule has 0 fully saturated rings. The van der Waals surface area contributed by atoms with Crippen molar-refractivity contribution in [3.63, 3.8) is 0 Å². The van der Waals surface area contributed by atoms with Gasteiger partial charge in [0.1, 0.15) is 0 Å². The Labute approximate surface area is 101 Å². The fourth-order valence-electron chi connectivity index (χ4n) is 1.12. The average molecular weight is 245 g/mol. The van der Waals surface area contributed by atoms with E-state index >= 15 is 0 Å². The van der Waals surface area contributed by atoms with Crippen LogP contribution < -0.4 is 16.4 Å². The van der Waals surface area contributed by atoms with E-state index in [0.717, 1.165) is 19.3 Å². The Hall–Kier alpha value is -1.17. The highest BCUT2D eigenvalue weighted by Crippen LogP contribution is 1.98. The third kappa shape index (κ3) is 7.17. The zero-order valence-electron chi connectivity index (χ0n) is 9.71. The van der Waals surface area contributed by atoms with Crippen LogP contribution in [-0.2, 0) is 9.59 Å². The molecule has 92 valence electrons. The number of rotatable bonds is 6. The van der Waals surface area contributed by atoms with Gasteiger partial charge in [0.2, 0.25) is 0 Å². The number of nitrogens with two attached hydrogens (primary N) is 1. The molecule has 0 radical (unpaired) electrons. The molecule has 0 rings (SSSR count). The average Bonchev–Trinajstić information content (AvgIpc) is 2.22. The van der Waals surface area contributed by atoms with E-state index in [2.05, 4.69) is 29.8 Å². The van der Waals surface area contributed by atoms with E-state index in [9.17, 15) is 9.59 Å². The lowest BCUT2D eigenvalue weighted by Crippen LogP contribution is -2.45. The summed E-state index contributed by atoms with van der Waals surface area (Å²) in [4.78, 5) is 22.7. The minimum atomic E-state index is -0.698. The molecule has 6 heteroatoms. The highest BCUT2D eigenvalue weighted by atomic mass is 32.1. The summed E-state index contributed by atoms with van der Waals surface area (Å²) in [6.07, 6.45) is 2.95. The van der Waals surface area contributed by atoms with E-state index < -0.39 is 11.8 Å². The van der Waals surface area contributed by atoms with E-state index in [1.165, 1.54) is 0 Å². The quantitative estimate of drug-likeness (QED) is 0.457. The van der Waals surface area contributed by atoms with Gasteiger partial charge in [0.25, 0.3) is 0 Å². The van der Waals surface area contributed by atoms with Crippen LogP contribution in [0.3, 0.4) is 0 Å². The second kappa shape index (κ2) is 8.04. The molecule has 4 N–H and O–H groups in total. The zero-order valence-corrected chi connectivity index (χ0v) is 10.5. The molecule has 0 saturated heterocycles. The molecular weight excluding hydrogens is 226 g/mol.